The van der Waals surface area contributed by atoms with E-state index in [0.29, 0.717) is 5.46 Å². The van der Waals surface area contributed by atoms with E-state index in [0.717, 1.165) is 0 Å². The van der Waals surface area contributed by atoms with Gasteiger partial charge < -0.3 is 14.4 Å². The van der Waals surface area contributed by atoms with Crippen molar-refractivity contribution in [1.82, 2.24) is 0 Å². The molecule has 0 spiro atoms. The van der Waals surface area contributed by atoms with Gasteiger partial charge in [0, 0.05) is 5.56 Å². The summed E-state index contributed by atoms with van der Waals surface area (Å²) in [6, 6.07) is 5.66. The zero-order valence-electron chi connectivity index (χ0n) is 12.1. The predicted molar refractivity (Wildman–Crippen MR) is 73.1 cm³/mol. The SMILES string of the molecule is CC1(C)OB(c2ccc(C(F)(F)CO)cc2)OC1(C)C. The molecule has 1 aromatic carbocycles. The van der Waals surface area contributed by atoms with Crippen LogP contribution in [0.4, 0.5) is 8.78 Å². The fraction of sp³-hybridized carbons (Fsp3) is 0.571. The first-order valence-electron chi connectivity index (χ1n) is 6.54. The van der Waals surface area contributed by atoms with Crippen LogP contribution in [0.2, 0.25) is 0 Å². The maximum atomic E-state index is 13.3. The summed E-state index contributed by atoms with van der Waals surface area (Å²) in [6.07, 6.45) is 0. The Kier molecular flexibility index (Phi) is 3.69. The summed E-state index contributed by atoms with van der Waals surface area (Å²) in [5.41, 5.74) is -0.474. The molecule has 0 unspecified atom stereocenters. The third-order valence-electron chi connectivity index (χ3n) is 4.06. The number of aliphatic hydroxyl groups excluding tert-OH is 1. The molecule has 0 bridgehead atoms. The number of benzene rings is 1. The molecule has 0 atom stereocenters. The van der Waals surface area contributed by atoms with Crippen LogP contribution in [-0.2, 0) is 15.2 Å². The maximum Gasteiger partial charge on any atom is 0.494 e. The van der Waals surface area contributed by atoms with Crippen LogP contribution in [0.5, 0.6) is 0 Å². The van der Waals surface area contributed by atoms with Crippen molar-refractivity contribution in [2.45, 2.75) is 44.8 Å². The van der Waals surface area contributed by atoms with Crippen LogP contribution in [-0.4, -0.2) is 30.0 Å². The van der Waals surface area contributed by atoms with E-state index >= 15 is 0 Å². The highest BCUT2D eigenvalue weighted by atomic mass is 19.3. The van der Waals surface area contributed by atoms with Crippen molar-refractivity contribution in [3.8, 4) is 0 Å². The Labute approximate surface area is 118 Å². The molecule has 0 radical (unpaired) electrons. The molecule has 0 aromatic heterocycles. The Morgan fingerprint density at radius 1 is 1.05 bits per heavy atom. The minimum absolute atomic E-state index is 0.222. The van der Waals surface area contributed by atoms with E-state index in [2.05, 4.69) is 0 Å². The average molecular weight is 284 g/mol. The van der Waals surface area contributed by atoms with Gasteiger partial charge in [-0.15, -0.1) is 0 Å². The molecule has 20 heavy (non-hydrogen) atoms. The standard InChI is InChI=1S/C14H19BF2O3/c1-12(2)13(3,4)20-15(19-12)11-7-5-10(6-8-11)14(16,17)9-18/h5-8,18H,9H2,1-4H3. The number of hydrogen-bond donors (Lipinski definition) is 1. The summed E-state index contributed by atoms with van der Waals surface area (Å²) >= 11 is 0. The number of rotatable bonds is 3. The second kappa shape index (κ2) is 4.79. The van der Waals surface area contributed by atoms with Crippen LogP contribution in [0.1, 0.15) is 33.3 Å². The number of aliphatic hydroxyl groups is 1. The van der Waals surface area contributed by atoms with E-state index in [1.54, 1.807) is 12.1 Å². The van der Waals surface area contributed by atoms with Crippen molar-refractivity contribution in [2.24, 2.45) is 0 Å². The van der Waals surface area contributed by atoms with Crippen molar-refractivity contribution >= 4 is 12.6 Å². The predicted octanol–water partition coefficient (Wildman–Crippen LogP) is 2.07. The van der Waals surface area contributed by atoms with Gasteiger partial charge in [0.2, 0.25) is 0 Å². The van der Waals surface area contributed by atoms with Gasteiger partial charge in [-0.25, -0.2) is 0 Å². The lowest BCUT2D eigenvalue weighted by Crippen LogP contribution is -2.41. The van der Waals surface area contributed by atoms with Crippen molar-refractivity contribution < 1.29 is 23.2 Å². The van der Waals surface area contributed by atoms with Gasteiger partial charge in [0.25, 0.3) is 5.92 Å². The second-order valence-corrected chi connectivity index (χ2v) is 6.07. The normalized spacial score (nSPS) is 21.2. The van der Waals surface area contributed by atoms with Crippen LogP contribution >= 0.6 is 0 Å². The Morgan fingerprint density at radius 2 is 1.50 bits per heavy atom. The molecule has 3 nitrogen and oxygen atoms in total. The van der Waals surface area contributed by atoms with Gasteiger partial charge in [-0.1, -0.05) is 24.3 Å². The van der Waals surface area contributed by atoms with Crippen molar-refractivity contribution in [3.63, 3.8) is 0 Å². The molecule has 1 aliphatic rings. The summed E-state index contributed by atoms with van der Waals surface area (Å²) in [4.78, 5) is 0. The topological polar surface area (TPSA) is 38.7 Å². The lowest BCUT2D eigenvalue weighted by Gasteiger charge is -2.32. The van der Waals surface area contributed by atoms with Gasteiger partial charge >= 0.3 is 7.12 Å². The maximum absolute atomic E-state index is 13.3. The first-order valence-corrected chi connectivity index (χ1v) is 6.54. The van der Waals surface area contributed by atoms with Gasteiger partial charge in [-0.2, -0.15) is 8.78 Å². The number of halogens is 2. The third kappa shape index (κ3) is 2.60. The van der Waals surface area contributed by atoms with Gasteiger partial charge in [-0.3, -0.25) is 0 Å². The number of hydrogen-bond acceptors (Lipinski definition) is 3. The van der Waals surface area contributed by atoms with Crippen LogP contribution in [0.15, 0.2) is 24.3 Å². The van der Waals surface area contributed by atoms with Crippen molar-refractivity contribution in [1.29, 1.82) is 0 Å². The fourth-order valence-electron chi connectivity index (χ4n) is 1.95. The highest BCUT2D eigenvalue weighted by Crippen LogP contribution is 2.36. The molecular weight excluding hydrogens is 265 g/mol. The summed E-state index contributed by atoms with van der Waals surface area (Å²) in [5, 5.41) is 8.67. The first-order chi connectivity index (χ1) is 9.09. The second-order valence-electron chi connectivity index (χ2n) is 6.07. The molecule has 1 aliphatic heterocycles. The van der Waals surface area contributed by atoms with E-state index in [1.807, 2.05) is 27.7 Å². The van der Waals surface area contributed by atoms with Crippen molar-refractivity contribution in [3.05, 3.63) is 29.8 Å². The van der Waals surface area contributed by atoms with Crippen molar-refractivity contribution in [2.75, 3.05) is 6.61 Å². The molecule has 0 amide bonds. The summed E-state index contributed by atoms with van der Waals surface area (Å²) < 4.78 is 38.3. The first kappa shape index (κ1) is 15.4. The monoisotopic (exact) mass is 284 g/mol. The van der Waals surface area contributed by atoms with Gasteiger partial charge in [0.1, 0.15) is 6.61 Å². The minimum Gasteiger partial charge on any atom is -0.399 e. The molecule has 2 rings (SSSR count). The molecule has 1 aromatic rings. The summed E-state index contributed by atoms with van der Waals surface area (Å²) in [7, 11) is -0.572. The quantitative estimate of drug-likeness (QED) is 0.864. The molecule has 0 aliphatic carbocycles. The Morgan fingerprint density at radius 3 is 1.90 bits per heavy atom. The van der Waals surface area contributed by atoms with Crippen LogP contribution in [0.25, 0.3) is 0 Å². The van der Waals surface area contributed by atoms with E-state index in [9.17, 15) is 8.78 Å². The highest BCUT2D eigenvalue weighted by molar-refractivity contribution is 6.62. The fourth-order valence-corrected chi connectivity index (χ4v) is 1.95. The van der Waals surface area contributed by atoms with E-state index in [-0.39, 0.29) is 5.56 Å². The average Bonchev–Trinajstić information content (AvgIpc) is 2.59. The lowest BCUT2D eigenvalue weighted by molar-refractivity contribution is -0.0556. The Balaban J connectivity index is 2.21. The smallest absolute Gasteiger partial charge is 0.399 e. The Hall–Kier alpha value is -0.975. The van der Waals surface area contributed by atoms with Crippen LogP contribution in [0, 0.1) is 0 Å². The third-order valence-corrected chi connectivity index (χ3v) is 4.06. The molecule has 1 fully saturated rings. The van der Waals surface area contributed by atoms with E-state index in [4.69, 9.17) is 14.4 Å². The molecular formula is C14H19BF2O3. The minimum atomic E-state index is -3.23. The van der Waals surface area contributed by atoms with Crippen LogP contribution < -0.4 is 5.46 Å². The van der Waals surface area contributed by atoms with Gasteiger partial charge in [0.15, 0.2) is 0 Å². The zero-order valence-corrected chi connectivity index (χ0v) is 12.1. The molecule has 110 valence electrons. The van der Waals surface area contributed by atoms with E-state index < -0.39 is 30.8 Å². The number of alkyl halides is 2. The molecule has 0 saturated carbocycles. The summed E-state index contributed by atoms with van der Waals surface area (Å²) in [6.45, 7) is 6.52. The Bertz CT molecular complexity index is 470. The molecule has 1 saturated heterocycles. The largest absolute Gasteiger partial charge is 0.494 e. The zero-order chi connectivity index (χ0) is 15.2. The van der Waals surface area contributed by atoms with Gasteiger partial charge in [-0.05, 0) is 33.2 Å². The molecule has 6 heteroatoms. The van der Waals surface area contributed by atoms with E-state index in [1.165, 1.54) is 12.1 Å². The highest BCUT2D eigenvalue weighted by Gasteiger charge is 2.51. The molecule has 1 heterocycles. The molecule has 1 N–H and O–H groups in total. The lowest BCUT2D eigenvalue weighted by atomic mass is 9.78. The van der Waals surface area contributed by atoms with Crippen LogP contribution in [0.3, 0.4) is 0 Å². The van der Waals surface area contributed by atoms with Gasteiger partial charge in [0.05, 0.1) is 11.2 Å². The summed E-state index contributed by atoms with van der Waals surface area (Å²) in [5.74, 6) is -3.23.